The number of para-hydroxylation sites is 1. The highest BCUT2D eigenvalue weighted by Gasteiger charge is 2.10. The van der Waals surface area contributed by atoms with E-state index in [1.165, 1.54) is 0 Å². The summed E-state index contributed by atoms with van der Waals surface area (Å²) < 4.78 is 5.12. The third-order valence-corrected chi connectivity index (χ3v) is 3.63. The van der Waals surface area contributed by atoms with Crippen LogP contribution < -0.4 is 15.4 Å². The van der Waals surface area contributed by atoms with Crippen molar-refractivity contribution in [3.05, 3.63) is 72.1 Å². The number of carbonyl (C=O) groups is 1. The highest BCUT2D eigenvalue weighted by molar-refractivity contribution is 6.03. The second-order valence-corrected chi connectivity index (χ2v) is 5.39. The number of anilines is 3. The molecule has 6 nitrogen and oxygen atoms in total. The first-order chi connectivity index (χ1) is 12.2. The fraction of sp³-hybridized carbons (Fsp3) is 0.105. The fourth-order valence-electron chi connectivity index (χ4n) is 2.25. The second-order valence-electron chi connectivity index (χ2n) is 5.39. The van der Waals surface area contributed by atoms with Crippen LogP contribution in [0, 0.1) is 6.92 Å². The van der Waals surface area contributed by atoms with Gasteiger partial charge in [0.25, 0.3) is 5.91 Å². The van der Waals surface area contributed by atoms with Crippen molar-refractivity contribution in [2.45, 2.75) is 6.92 Å². The molecule has 0 atom stereocenters. The average Bonchev–Trinajstić information content (AvgIpc) is 2.64. The van der Waals surface area contributed by atoms with Crippen LogP contribution in [0.5, 0.6) is 5.75 Å². The number of aromatic nitrogens is 2. The standard InChI is InChI=1S/C19H18N4O2/c1-13-5-3-4-6-16(13)22-18(24)17-11-12-20-19(23-17)21-14-7-9-15(25-2)10-8-14/h3-12H,1-2H3,(H,22,24)(H,20,21,23). The first-order valence-corrected chi connectivity index (χ1v) is 7.77. The van der Waals surface area contributed by atoms with Gasteiger partial charge in [0.1, 0.15) is 11.4 Å². The molecule has 1 heterocycles. The quantitative estimate of drug-likeness (QED) is 0.742. The van der Waals surface area contributed by atoms with Gasteiger partial charge in [0.2, 0.25) is 5.95 Å². The van der Waals surface area contributed by atoms with Crippen molar-refractivity contribution in [2.75, 3.05) is 17.7 Å². The van der Waals surface area contributed by atoms with Crippen LogP contribution in [0.3, 0.4) is 0 Å². The molecule has 2 aromatic carbocycles. The molecular formula is C19H18N4O2. The molecule has 0 fully saturated rings. The van der Waals surface area contributed by atoms with Gasteiger partial charge >= 0.3 is 0 Å². The molecule has 1 aromatic heterocycles. The minimum Gasteiger partial charge on any atom is -0.497 e. The largest absolute Gasteiger partial charge is 0.497 e. The number of carbonyl (C=O) groups excluding carboxylic acids is 1. The summed E-state index contributed by atoms with van der Waals surface area (Å²) in [6.45, 7) is 1.94. The highest BCUT2D eigenvalue weighted by atomic mass is 16.5. The van der Waals surface area contributed by atoms with Gasteiger partial charge in [-0.15, -0.1) is 0 Å². The summed E-state index contributed by atoms with van der Waals surface area (Å²) in [5, 5.41) is 5.93. The summed E-state index contributed by atoms with van der Waals surface area (Å²) >= 11 is 0. The number of aryl methyl sites for hydroxylation is 1. The first-order valence-electron chi connectivity index (χ1n) is 7.77. The normalized spacial score (nSPS) is 10.2. The summed E-state index contributed by atoms with van der Waals surface area (Å²) in [4.78, 5) is 20.8. The lowest BCUT2D eigenvalue weighted by Gasteiger charge is -2.09. The predicted octanol–water partition coefficient (Wildman–Crippen LogP) is 3.79. The van der Waals surface area contributed by atoms with Crippen molar-refractivity contribution in [3.63, 3.8) is 0 Å². The maximum Gasteiger partial charge on any atom is 0.274 e. The summed E-state index contributed by atoms with van der Waals surface area (Å²) in [5.74, 6) is 0.829. The number of rotatable bonds is 5. The zero-order chi connectivity index (χ0) is 17.6. The second kappa shape index (κ2) is 7.44. The number of hydrogen-bond donors (Lipinski definition) is 2. The van der Waals surface area contributed by atoms with Crippen molar-refractivity contribution in [1.29, 1.82) is 0 Å². The smallest absolute Gasteiger partial charge is 0.274 e. The zero-order valence-electron chi connectivity index (χ0n) is 14.0. The van der Waals surface area contributed by atoms with E-state index in [1.54, 1.807) is 19.4 Å². The summed E-state index contributed by atoms with van der Waals surface area (Å²) in [7, 11) is 1.61. The molecule has 0 unspecified atom stereocenters. The van der Waals surface area contributed by atoms with Crippen molar-refractivity contribution < 1.29 is 9.53 Å². The molecule has 0 radical (unpaired) electrons. The van der Waals surface area contributed by atoms with E-state index in [0.29, 0.717) is 5.95 Å². The molecular weight excluding hydrogens is 316 g/mol. The van der Waals surface area contributed by atoms with Crippen LogP contribution in [0.4, 0.5) is 17.3 Å². The molecule has 0 spiro atoms. The summed E-state index contributed by atoms with van der Waals surface area (Å²) in [6.07, 6.45) is 1.55. The predicted molar refractivity (Wildman–Crippen MR) is 97.4 cm³/mol. The molecule has 1 amide bonds. The zero-order valence-corrected chi connectivity index (χ0v) is 14.0. The molecule has 6 heteroatoms. The number of ether oxygens (including phenoxy) is 1. The highest BCUT2D eigenvalue weighted by Crippen LogP contribution is 2.18. The molecule has 2 N–H and O–H groups in total. The maximum atomic E-state index is 12.4. The van der Waals surface area contributed by atoms with E-state index in [4.69, 9.17) is 4.74 Å². The van der Waals surface area contributed by atoms with Crippen LogP contribution in [0.25, 0.3) is 0 Å². The number of methoxy groups -OCH3 is 1. The molecule has 126 valence electrons. The molecule has 25 heavy (non-hydrogen) atoms. The van der Waals surface area contributed by atoms with Gasteiger partial charge in [0.15, 0.2) is 0 Å². The molecule has 0 saturated carbocycles. The third-order valence-electron chi connectivity index (χ3n) is 3.63. The van der Waals surface area contributed by atoms with Crippen LogP contribution in [-0.4, -0.2) is 23.0 Å². The van der Waals surface area contributed by atoms with Gasteiger partial charge in [0.05, 0.1) is 7.11 Å². The van der Waals surface area contributed by atoms with Gasteiger partial charge < -0.3 is 15.4 Å². The summed E-state index contributed by atoms with van der Waals surface area (Å²) in [5.41, 5.74) is 2.84. The Balaban J connectivity index is 1.74. The first kappa shape index (κ1) is 16.4. The van der Waals surface area contributed by atoms with Crippen LogP contribution in [0.1, 0.15) is 16.1 Å². The van der Waals surface area contributed by atoms with E-state index in [-0.39, 0.29) is 11.6 Å². The van der Waals surface area contributed by atoms with E-state index >= 15 is 0 Å². The monoisotopic (exact) mass is 334 g/mol. The lowest BCUT2D eigenvalue weighted by molar-refractivity contribution is 0.102. The minimum atomic E-state index is -0.283. The van der Waals surface area contributed by atoms with Gasteiger partial charge in [-0.05, 0) is 48.9 Å². The molecule has 0 aliphatic carbocycles. The van der Waals surface area contributed by atoms with Crippen molar-refractivity contribution >= 4 is 23.2 Å². The lowest BCUT2D eigenvalue weighted by atomic mass is 10.2. The molecule has 3 aromatic rings. The number of nitrogens with zero attached hydrogens (tertiary/aromatic N) is 2. The Bertz CT molecular complexity index is 879. The van der Waals surface area contributed by atoms with Crippen molar-refractivity contribution in [1.82, 2.24) is 9.97 Å². The Morgan fingerprint density at radius 1 is 1.04 bits per heavy atom. The van der Waals surface area contributed by atoms with Gasteiger partial charge in [0, 0.05) is 17.6 Å². The fourth-order valence-corrected chi connectivity index (χ4v) is 2.25. The van der Waals surface area contributed by atoms with Crippen LogP contribution in [0.2, 0.25) is 0 Å². The van der Waals surface area contributed by atoms with E-state index in [1.807, 2.05) is 55.5 Å². The van der Waals surface area contributed by atoms with Gasteiger partial charge in [-0.2, -0.15) is 0 Å². The number of amides is 1. The van der Waals surface area contributed by atoms with E-state index in [9.17, 15) is 4.79 Å². The average molecular weight is 334 g/mol. The number of benzene rings is 2. The van der Waals surface area contributed by atoms with Crippen molar-refractivity contribution in [2.24, 2.45) is 0 Å². The van der Waals surface area contributed by atoms with Crippen molar-refractivity contribution in [3.8, 4) is 5.75 Å². The third kappa shape index (κ3) is 4.11. The Kier molecular flexibility index (Phi) is 4.89. The van der Waals surface area contributed by atoms with Gasteiger partial charge in [-0.1, -0.05) is 18.2 Å². The summed E-state index contributed by atoms with van der Waals surface area (Å²) in [6, 6.07) is 16.5. The Hall–Kier alpha value is -3.41. The maximum absolute atomic E-state index is 12.4. The molecule has 0 bridgehead atoms. The SMILES string of the molecule is COc1ccc(Nc2nccc(C(=O)Nc3ccccc3C)n2)cc1. The molecule has 0 aliphatic rings. The Labute approximate surface area is 145 Å². The van der Waals surface area contributed by atoms with Gasteiger partial charge in [-0.3, -0.25) is 4.79 Å². The van der Waals surface area contributed by atoms with Crippen LogP contribution in [-0.2, 0) is 0 Å². The van der Waals surface area contributed by atoms with E-state index in [2.05, 4.69) is 20.6 Å². The molecule has 0 saturated heterocycles. The Morgan fingerprint density at radius 3 is 2.52 bits per heavy atom. The molecule has 0 aliphatic heterocycles. The Morgan fingerprint density at radius 2 is 1.80 bits per heavy atom. The molecule has 3 rings (SSSR count). The van der Waals surface area contributed by atoms with Gasteiger partial charge in [-0.25, -0.2) is 9.97 Å². The number of nitrogens with one attached hydrogen (secondary N) is 2. The lowest BCUT2D eigenvalue weighted by Crippen LogP contribution is -2.15. The van der Waals surface area contributed by atoms with Crippen LogP contribution in [0.15, 0.2) is 60.8 Å². The van der Waals surface area contributed by atoms with E-state index in [0.717, 1.165) is 22.7 Å². The van der Waals surface area contributed by atoms with E-state index < -0.39 is 0 Å². The number of hydrogen-bond acceptors (Lipinski definition) is 5. The van der Waals surface area contributed by atoms with Crippen LogP contribution >= 0.6 is 0 Å². The topological polar surface area (TPSA) is 76.1 Å². The minimum absolute atomic E-state index is 0.283.